The second-order valence-corrected chi connectivity index (χ2v) is 4.69. The molecule has 3 N–H and O–H groups in total. The summed E-state index contributed by atoms with van der Waals surface area (Å²) in [6, 6.07) is 5.79. The normalized spacial score (nSPS) is 16.0. The molecule has 0 bridgehead atoms. The van der Waals surface area contributed by atoms with Crippen LogP contribution in [-0.2, 0) is 4.79 Å². The van der Waals surface area contributed by atoms with Crippen LogP contribution in [0.2, 0.25) is 0 Å². The molecule has 5 nitrogen and oxygen atoms in total. The number of hydrogen-bond acceptors (Lipinski definition) is 3. The van der Waals surface area contributed by atoms with Crippen molar-refractivity contribution in [3.63, 3.8) is 0 Å². The predicted molar refractivity (Wildman–Crippen MR) is 77.6 cm³/mol. The highest BCUT2D eigenvalue weighted by Crippen LogP contribution is 2.19. The van der Waals surface area contributed by atoms with E-state index in [-0.39, 0.29) is 24.2 Å². The largest absolute Gasteiger partial charge is 0.326 e. The molecule has 1 aliphatic heterocycles. The zero-order valence-corrected chi connectivity index (χ0v) is 11.3. The van der Waals surface area contributed by atoms with Gasteiger partial charge in [-0.05, 0) is 44.1 Å². The van der Waals surface area contributed by atoms with Crippen LogP contribution in [0.5, 0.6) is 0 Å². The van der Waals surface area contributed by atoms with Gasteiger partial charge in [0.05, 0.1) is 11.7 Å². The number of carbonyl (C=O) groups is 1. The van der Waals surface area contributed by atoms with Crippen molar-refractivity contribution in [2.24, 2.45) is 5.92 Å². The number of H-pyrrole nitrogens is 1. The Morgan fingerprint density at radius 1 is 1.32 bits per heavy atom. The zero-order valence-electron chi connectivity index (χ0n) is 10.5. The van der Waals surface area contributed by atoms with Gasteiger partial charge in [-0.25, -0.2) is 0 Å². The fourth-order valence-corrected chi connectivity index (χ4v) is 2.34. The minimum absolute atomic E-state index is 0. The van der Waals surface area contributed by atoms with Gasteiger partial charge >= 0.3 is 0 Å². The Morgan fingerprint density at radius 2 is 2.11 bits per heavy atom. The van der Waals surface area contributed by atoms with Gasteiger partial charge in [0.1, 0.15) is 0 Å². The number of hydrogen-bond donors (Lipinski definition) is 3. The summed E-state index contributed by atoms with van der Waals surface area (Å²) in [7, 11) is 0. The third-order valence-corrected chi connectivity index (χ3v) is 3.42. The summed E-state index contributed by atoms with van der Waals surface area (Å²) in [6.07, 6.45) is 3.60. The zero-order chi connectivity index (χ0) is 12.4. The summed E-state index contributed by atoms with van der Waals surface area (Å²) in [5, 5.41) is 14.2. The molecule has 102 valence electrons. The van der Waals surface area contributed by atoms with Crippen molar-refractivity contribution < 1.29 is 4.79 Å². The first kappa shape index (κ1) is 13.8. The number of aromatic amines is 1. The molecule has 1 saturated heterocycles. The highest BCUT2D eigenvalue weighted by Gasteiger charge is 2.20. The fourth-order valence-electron chi connectivity index (χ4n) is 2.34. The number of fused-ring (bicyclic) bond motifs is 1. The van der Waals surface area contributed by atoms with Crippen LogP contribution in [0.15, 0.2) is 24.4 Å². The number of rotatable bonds is 2. The van der Waals surface area contributed by atoms with Crippen molar-refractivity contribution in [2.45, 2.75) is 12.8 Å². The number of benzene rings is 1. The van der Waals surface area contributed by atoms with E-state index in [9.17, 15) is 4.79 Å². The summed E-state index contributed by atoms with van der Waals surface area (Å²) in [4.78, 5) is 12.1. The minimum Gasteiger partial charge on any atom is -0.326 e. The maximum Gasteiger partial charge on any atom is 0.227 e. The van der Waals surface area contributed by atoms with Crippen LogP contribution in [0.4, 0.5) is 5.69 Å². The van der Waals surface area contributed by atoms with Gasteiger partial charge in [0.25, 0.3) is 0 Å². The topological polar surface area (TPSA) is 69.8 Å². The van der Waals surface area contributed by atoms with E-state index in [0.717, 1.165) is 42.5 Å². The van der Waals surface area contributed by atoms with Gasteiger partial charge in [0, 0.05) is 17.0 Å². The molecule has 1 aliphatic rings. The van der Waals surface area contributed by atoms with Gasteiger partial charge in [-0.3, -0.25) is 9.89 Å². The van der Waals surface area contributed by atoms with Crippen LogP contribution < -0.4 is 10.6 Å². The van der Waals surface area contributed by atoms with E-state index < -0.39 is 0 Å². The maximum atomic E-state index is 12.1. The molecule has 2 aromatic rings. The second-order valence-electron chi connectivity index (χ2n) is 4.69. The fraction of sp³-hybridized carbons (Fsp3) is 0.385. The van der Waals surface area contributed by atoms with Crippen LogP contribution in [0.1, 0.15) is 12.8 Å². The molecule has 1 amide bonds. The standard InChI is InChI=1S/C13H16N4O.ClH/c18-13(9-3-5-14-6-4-9)16-11-2-1-10-8-15-17-12(10)7-11;/h1-2,7-9,14H,3-6H2,(H,15,17)(H,16,18);1H. The molecule has 6 heteroatoms. The van der Waals surface area contributed by atoms with Crippen molar-refractivity contribution in [1.82, 2.24) is 15.5 Å². The SMILES string of the molecule is Cl.O=C(Nc1ccc2cn[nH]c2c1)C1CCNCC1. The first-order valence-corrected chi connectivity index (χ1v) is 6.27. The predicted octanol–water partition coefficient (Wildman–Crippen LogP) is 1.92. The van der Waals surface area contributed by atoms with E-state index in [1.165, 1.54) is 0 Å². The minimum atomic E-state index is 0. The number of aromatic nitrogens is 2. The van der Waals surface area contributed by atoms with E-state index >= 15 is 0 Å². The quantitative estimate of drug-likeness (QED) is 0.787. The summed E-state index contributed by atoms with van der Waals surface area (Å²) in [5.41, 5.74) is 1.77. The molecular formula is C13H17ClN4O. The lowest BCUT2D eigenvalue weighted by atomic mass is 9.97. The summed E-state index contributed by atoms with van der Waals surface area (Å²) < 4.78 is 0. The van der Waals surface area contributed by atoms with Crippen LogP contribution >= 0.6 is 12.4 Å². The van der Waals surface area contributed by atoms with Gasteiger partial charge in [-0.15, -0.1) is 12.4 Å². The Hall–Kier alpha value is -1.59. The van der Waals surface area contributed by atoms with Crippen molar-refractivity contribution in [1.29, 1.82) is 0 Å². The van der Waals surface area contributed by atoms with E-state index in [1.54, 1.807) is 6.20 Å². The number of anilines is 1. The third-order valence-electron chi connectivity index (χ3n) is 3.42. The molecular weight excluding hydrogens is 264 g/mol. The molecule has 0 atom stereocenters. The molecule has 2 heterocycles. The third kappa shape index (κ3) is 3.05. The van der Waals surface area contributed by atoms with E-state index in [1.807, 2.05) is 18.2 Å². The molecule has 0 aliphatic carbocycles. The summed E-state index contributed by atoms with van der Waals surface area (Å²) in [6.45, 7) is 1.86. The Balaban J connectivity index is 0.00000133. The highest BCUT2D eigenvalue weighted by molar-refractivity contribution is 5.94. The number of nitrogens with one attached hydrogen (secondary N) is 3. The Bertz CT molecular complexity index is 563. The molecule has 1 aromatic heterocycles. The second kappa shape index (κ2) is 6.04. The number of amides is 1. The highest BCUT2D eigenvalue weighted by atomic mass is 35.5. The van der Waals surface area contributed by atoms with E-state index in [4.69, 9.17) is 0 Å². The smallest absolute Gasteiger partial charge is 0.227 e. The van der Waals surface area contributed by atoms with Gasteiger partial charge in [-0.1, -0.05) is 0 Å². The first-order chi connectivity index (χ1) is 8.83. The van der Waals surface area contributed by atoms with Crippen molar-refractivity contribution in [3.05, 3.63) is 24.4 Å². The Morgan fingerprint density at radius 3 is 2.89 bits per heavy atom. The molecule has 0 saturated carbocycles. The van der Waals surface area contributed by atoms with Crippen molar-refractivity contribution >= 4 is 34.9 Å². The van der Waals surface area contributed by atoms with Gasteiger partial charge in [0.2, 0.25) is 5.91 Å². The Kier molecular flexibility index (Phi) is 4.39. The van der Waals surface area contributed by atoms with E-state index in [2.05, 4.69) is 20.8 Å². The van der Waals surface area contributed by atoms with Crippen LogP contribution in [0, 0.1) is 5.92 Å². The monoisotopic (exact) mass is 280 g/mol. The van der Waals surface area contributed by atoms with Gasteiger partial charge in [0.15, 0.2) is 0 Å². The molecule has 1 aromatic carbocycles. The first-order valence-electron chi connectivity index (χ1n) is 6.27. The number of halogens is 1. The van der Waals surface area contributed by atoms with E-state index in [0.29, 0.717) is 0 Å². The lowest BCUT2D eigenvalue weighted by Gasteiger charge is -2.21. The van der Waals surface area contributed by atoms with Crippen LogP contribution in [-0.4, -0.2) is 29.2 Å². The Labute approximate surface area is 117 Å². The lowest BCUT2D eigenvalue weighted by molar-refractivity contribution is -0.120. The number of piperidine rings is 1. The number of carbonyl (C=O) groups excluding carboxylic acids is 1. The van der Waals surface area contributed by atoms with Crippen molar-refractivity contribution in [2.75, 3.05) is 18.4 Å². The van der Waals surface area contributed by atoms with Crippen LogP contribution in [0.25, 0.3) is 10.9 Å². The lowest BCUT2D eigenvalue weighted by Crippen LogP contribution is -2.34. The molecule has 0 unspecified atom stereocenters. The molecule has 0 spiro atoms. The van der Waals surface area contributed by atoms with Gasteiger partial charge in [-0.2, -0.15) is 5.10 Å². The summed E-state index contributed by atoms with van der Waals surface area (Å²) >= 11 is 0. The van der Waals surface area contributed by atoms with Crippen molar-refractivity contribution in [3.8, 4) is 0 Å². The van der Waals surface area contributed by atoms with Gasteiger partial charge < -0.3 is 10.6 Å². The average Bonchev–Trinajstić information content (AvgIpc) is 2.87. The number of nitrogens with zero attached hydrogens (tertiary/aromatic N) is 1. The molecule has 3 rings (SSSR count). The average molecular weight is 281 g/mol. The molecule has 0 radical (unpaired) electrons. The maximum absolute atomic E-state index is 12.1. The summed E-state index contributed by atoms with van der Waals surface area (Å²) in [5.74, 6) is 0.249. The van der Waals surface area contributed by atoms with Crippen LogP contribution in [0.3, 0.4) is 0 Å². The molecule has 1 fully saturated rings. The molecule has 19 heavy (non-hydrogen) atoms.